The van der Waals surface area contributed by atoms with Crippen molar-refractivity contribution in [3.8, 4) is 0 Å². The summed E-state index contributed by atoms with van der Waals surface area (Å²) < 4.78 is 15.9. The second kappa shape index (κ2) is 5.58. The summed E-state index contributed by atoms with van der Waals surface area (Å²) >= 11 is 3.11. The molecule has 2 aromatic carbocycles. The van der Waals surface area contributed by atoms with Gasteiger partial charge in [0.15, 0.2) is 0 Å². The van der Waals surface area contributed by atoms with Crippen LogP contribution in [-0.4, -0.2) is 14.7 Å². The molecule has 0 aliphatic heterocycles. The molecule has 0 aliphatic carbocycles. The molecular formula is C16H14BrFN2O. The second-order valence-electron chi connectivity index (χ2n) is 4.97. The largest absolute Gasteiger partial charge is 0.388 e. The Balaban J connectivity index is 1.90. The number of para-hydroxylation sites is 2. The van der Waals surface area contributed by atoms with E-state index in [1.54, 1.807) is 12.1 Å². The highest BCUT2D eigenvalue weighted by Gasteiger charge is 2.15. The lowest BCUT2D eigenvalue weighted by Crippen LogP contribution is -2.07. The van der Waals surface area contributed by atoms with E-state index >= 15 is 0 Å². The van der Waals surface area contributed by atoms with E-state index in [1.165, 1.54) is 6.07 Å². The molecule has 3 rings (SSSR count). The van der Waals surface area contributed by atoms with Crippen LogP contribution in [0.2, 0.25) is 0 Å². The van der Waals surface area contributed by atoms with Crippen LogP contribution in [0.5, 0.6) is 0 Å². The number of hydrogen-bond acceptors (Lipinski definition) is 2. The molecule has 0 fully saturated rings. The summed E-state index contributed by atoms with van der Waals surface area (Å²) in [4.78, 5) is 4.52. The zero-order valence-corrected chi connectivity index (χ0v) is 13.0. The van der Waals surface area contributed by atoms with Crippen LogP contribution in [-0.2, 0) is 13.5 Å². The van der Waals surface area contributed by atoms with Gasteiger partial charge in [-0.1, -0.05) is 18.2 Å². The Morgan fingerprint density at radius 1 is 1.29 bits per heavy atom. The highest BCUT2D eigenvalue weighted by atomic mass is 79.9. The Bertz CT molecular complexity index is 800. The third-order valence-electron chi connectivity index (χ3n) is 3.58. The summed E-state index contributed by atoms with van der Waals surface area (Å²) in [5.74, 6) is 0.392. The molecule has 0 bridgehead atoms. The van der Waals surface area contributed by atoms with Crippen LogP contribution in [0, 0.1) is 5.82 Å². The topological polar surface area (TPSA) is 38.0 Å². The minimum atomic E-state index is -0.789. The van der Waals surface area contributed by atoms with Crippen LogP contribution >= 0.6 is 15.9 Å². The first-order valence-corrected chi connectivity index (χ1v) is 7.39. The van der Waals surface area contributed by atoms with E-state index in [1.807, 2.05) is 35.9 Å². The molecule has 0 amide bonds. The molecule has 1 unspecified atom stereocenters. The van der Waals surface area contributed by atoms with Crippen LogP contribution in [0.1, 0.15) is 17.5 Å². The molecule has 1 aromatic heterocycles. The second-order valence-corrected chi connectivity index (χ2v) is 5.82. The van der Waals surface area contributed by atoms with E-state index in [0.717, 1.165) is 16.9 Å². The highest BCUT2D eigenvalue weighted by Crippen LogP contribution is 2.24. The summed E-state index contributed by atoms with van der Waals surface area (Å²) in [6.45, 7) is 0. The fraction of sp³-hybridized carbons (Fsp3) is 0.188. The molecule has 0 spiro atoms. The maximum Gasteiger partial charge on any atom is 0.137 e. The Labute approximate surface area is 130 Å². The van der Waals surface area contributed by atoms with E-state index in [4.69, 9.17) is 0 Å². The van der Waals surface area contributed by atoms with Crippen molar-refractivity contribution in [3.63, 3.8) is 0 Å². The van der Waals surface area contributed by atoms with E-state index in [9.17, 15) is 9.50 Å². The number of rotatable bonds is 3. The van der Waals surface area contributed by atoms with Gasteiger partial charge in [0.1, 0.15) is 11.6 Å². The van der Waals surface area contributed by atoms with Crippen molar-refractivity contribution in [3.05, 3.63) is 64.1 Å². The molecule has 1 atom stereocenters. The normalized spacial score (nSPS) is 12.8. The molecular weight excluding hydrogens is 335 g/mol. The Morgan fingerprint density at radius 2 is 2.05 bits per heavy atom. The van der Waals surface area contributed by atoms with Crippen molar-refractivity contribution in [1.29, 1.82) is 0 Å². The molecule has 0 saturated heterocycles. The monoisotopic (exact) mass is 348 g/mol. The van der Waals surface area contributed by atoms with Gasteiger partial charge in [-0.05, 0) is 45.8 Å². The Morgan fingerprint density at radius 3 is 2.76 bits per heavy atom. The average Bonchev–Trinajstić information content (AvgIpc) is 2.79. The number of aromatic nitrogens is 2. The van der Waals surface area contributed by atoms with Gasteiger partial charge in [-0.25, -0.2) is 9.37 Å². The lowest BCUT2D eigenvalue weighted by molar-refractivity contribution is 0.174. The number of aliphatic hydroxyl groups is 1. The number of aryl methyl sites for hydroxylation is 1. The van der Waals surface area contributed by atoms with Crippen molar-refractivity contribution >= 4 is 27.0 Å². The van der Waals surface area contributed by atoms with E-state index < -0.39 is 6.10 Å². The maximum atomic E-state index is 13.5. The van der Waals surface area contributed by atoms with Crippen LogP contribution in [0.15, 0.2) is 46.9 Å². The fourth-order valence-electron chi connectivity index (χ4n) is 2.39. The van der Waals surface area contributed by atoms with Gasteiger partial charge in [0.2, 0.25) is 0 Å². The van der Waals surface area contributed by atoms with E-state index in [2.05, 4.69) is 20.9 Å². The van der Waals surface area contributed by atoms with Crippen molar-refractivity contribution < 1.29 is 9.50 Å². The van der Waals surface area contributed by atoms with Gasteiger partial charge >= 0.3 is 0 Å². The number of nitrogens with zero attached hydrogens (tertiary/aromatic N) is 2. The number of halogens is 2. The molecule has 3 aromatic rings. The molecule has 0 aliphatic rings. The molecule has 1 heterocycles. The average molecular weight is 349 g/mol. The minimum absolute atomic E-state index is 0.340. The molecule has 0 saturated carbocycles. The van der Waals surface area contributed by atoms with Gasteiger partial charge in [-0.3, -0.25) is 0 Å². The number of aliphatic hydroxyl groups excluding tert-OH is 1. The van der Waals surface area contributed by atoms with Gasteiger partial charge in [-0.2, -0.15) is 0 Å². The molecule has 1 N–H and O–H groups in total. The third-order valence-corrected chi connectivity index (χ3v) is 4.23. The molecule has 5 heteroatoms. The van der Waals surface area contributed by atoms with Crippen LogP contribution in [0.3, 0.4) is 0 Å². The standard InChI is InChI=1S/C16H14BrFN2O/c1-20-14-5-3-2-4-13(14)19-16(20)9-15(21)10-6-7-11(17)12(18)8-10/h2-8,15,21H,9H2,1H3. The number of hydrogen-bond donors (Lipinski definition) is 1. The smallest absolute Gasteiger partial charge is 0.137 e. The van der Waals surface area contributed by atoms with E-state index in [0.29, 0.717) is 16.5 Å². The summed E-state index contributed by atoms with van der Waals surface area (Å²) in [6.07, 6.45) is -0.449. The van der Waals surface area contributed by atoms with Crippen molar-refractivity contribution in [2.24, 2.45) is 7.05 Å². The molecule has 108 valence electrons. The SMILES string of the molecule is Cn1c(CC(O)c2ccc(Br)c(F)c2)nc2ccccc21. The van der Waals surface area contributed by atoms with Gasteiger partial charge < -0.3 is 9.67 Å². The maximum absolute atomic E-state index is 13.5. The summed E-state index contributed by atoms with van der Waals surface area (Å²) in [6, 6.07) is 12.5. The van der Waals surface area contributed by atoms with Crippen LogP contribution in [0.4, 0.5) is 4.39 Å². The summed E-state index contributed by atoms with van der Waals surface area (Å²) in [5, 5.41) is 10.3. The minimum Gasteiger partial charge on any atom is -0.388 e. The van der Waals surface area contributed by atoms with Gasteiger partial charge in [0, 0.05) is 13.5 Å². The summed E-state index contributed by atoms with van der Waals surface area (Å²) in [5.41, 5.74) is 2.45. The molecule has 0 radical (unpaired) electrons. The number of fused-ring (bicyclic) bond motifs is 1. The van der Waals surface area contributed by atoms with Crippen molar-refractivity contribution in [1.82, 2.24) is 9.55 Å². The highest BCUT2D eigenvalue weighted by molar-refractivity contribution is 9.10. The lowest BCUT2D eigenvalue weighted by atomic mass is 10.1. The van der Waals surface area contributed by atoms with Gasteiger partial charge in [0.05, 0.1) is 21.6 Å². The zero-order chi connectivity index (χ0) is 15.0. The third kappa shape index (κ3) is 2.71. The van der Waals surface area contributed by atoms with Gasteiger partial charge in [-0.15, -0.1) is 0 Å². The first-order valence-electron chi connectivity index (χ1n) is 6.59. The van der Waals surface area contributed by atoms with Crippen LogP contribution in [0.25, 0.3) is 11.0 Å². The van der Waals surface area contributed by atoms with Gasteiger partial charge in [0.25, 0.3) is 0 Å². The zero-order valence-electron chi connectivity index (χ0n) is 11.4. The Hall–Kier alpha value is -1.72. The lowest BCUT2D eigenvalue weighted by Gasteiger charge is -2.11. The fourth-order valence-corrected chi connectivity index (χ4v) is 2.64. The number of benzene rings is 2. The van der Waals surface area contributed by atoms with Crippen LogP contribution < -0.4 is 0 Å². The van der Waals surface area contributed by atoms with Crippen molar-refractivity contribution in [2.75, 3.05) is 0 Å². The quantitative estimate of drug-likeness (QED) is 0.782. The van der Waals surface area contributed by atoms with Crippen molar-refractivity contribution in [2.45, 2.75) is 12.5 Å². The Kier molecular flexibility index (Phi) is 3.78. The predicted octanol–water partition coefficient (Wildman–Crippen LogP) is 3.75. The first-order chi connectivity index (χ1) is 10.1. The number of imidazole rings is 1. The molecule has 21 heavy (non-hydrogen) atoms. The first kappa shape index (κ1) is 14.2. The van der Waals surface area contributed by atoms with E-state index in [-0.39, 0.29) is 5.82 Å². The molecule has 3 nitrogen and oxygen atoms in total. The summed E-state index contributed by atoms with van der Waals surface area (Å²) in [7, 11) is 1.92. The predicted molar refractivity (Wildman–Crippen MR) is 83.5 cm³/mol.